The molecule has 1 heterocycles. The zero-order valence-electron chi connectivity index (χ0n) is 8.45. The van der Waals surface area contributed by atoms with Gasteiger partial charge in [-0.15, -0.1) is 0 Å². The molecule has 0 bridgehead atoms. The Hall–Kier alpha value is -1.10. The summed E-state index contributed by atoms with van der Waals surface area (Å²) in [7, 11) is 0. The van der Waals surface area contributed by atoms with Gasteiger partial charge in [-0.25, -0.2) is 0 Å². The van der Waals surface area contributed by atoms with E-state index in [0.717, 1.165) is 19.4 Å². The van der Waals surface area contributed by atoms with Crippen LogP contribution in [0.25, 0.3) is 0 Å². The third kappa shape index (κ3) is 2.70. The van der Waals surface area contributed by atoms with Crippen molar-refractivity contribution in [2.75, 3.05) is 19.6 Å². The predicted molar refractivity (Wildman–Crippen MR) is 52.5 cm³/mol. The Morgan fingerprint density at radius 2 is 2.29 bits per heavy atom. The summed E-state index contributed by atoms with van der Waals surface area (Å²) in [6.45, 7) is 2.76. The zero-order valence-corrected chi connectivity index (χ0v) is 8.45. The van der Waals surface area contributed by atoms with Crippen LogP contribution in [0.5, 0.6) is 0 Å². The third-order valence-electron chi connectivity index (χ3n) is 2.46. The molecule has 3 N–H and O–H groups in total. The van der Waals surface area contributed by atoms with Crippen molar-refractivity contribution in [3.05, 3.63) is 0 Å². The Morgan fingerprint density at radius 3 is 2.86 bits per heavy atom. The van der Waals surface area contributed by atoms with E-state index in [1.165, 1.54) is 6.92 Å². The van der Waals surface area contributed by atoms with E-state index >= 15 is 0 Å². The van der Waals surface area contributed by atoms with Gasteiger partial charge in [0.15, 0.2) is 0 Å². The molecule has 1 rings (SSSR count). The lowest BCUT2D eigenvalue weighted by Gasteiger charge is -2.23. The van der Waals surface area contributed by atoms with Crippen molar-refractivity contribution in [1.29, 1.82) is 0 Å². The maximum atomic E-state index is 11.6. The Labute approximate surface area is 83.6 Å². The largest absolute Gasteiger partial charge is 0.347 e. The summed E-state index contributed by atoms with van der Waals surface area (Å²) < 4.78 is 0. The van der Waals surface area contributed by atoms with E-state index in [0.29, 0.717) is 6.54 Å². The summed E-state index contributed by atoms with van der Waals surface area (Å²) in [5.74, 6) is -0.213. The molecule has 1 saturated heterocycles. The van der Waals surface area contributed by atoms with Gasteiger partial charge in [0.1, 0.15) is 0 Å². The molecule has 1 fully saturated rings. The molecule has 0 aromatic carbocycles. The molecule has 5 heteroatoms. The summed E-state index contributed by atoms with van der Waals surface area (Å²) >= 11 is 0. The molecule has 80 valence electrons. The van der Waals surface area contributed by atoms with Crippen LogP contribution in [0, 0.1) is 0 Å². The first kappa shape index (κ1) is 11.0. The lowest BCUT2D eigenvalue weighted by atomic mass is 10.2. The number of carbonyl (C=O) groups excluding carboxylic acids is 2. The van der Waals surface area contributed by atoms with Crippen molar-refractivity contribution in [3.63, 3.8) is 0 Å². The molecule has 0 radical (unpaired) electrons. The van der Waals surface area contributed by atoms with E-state index in [4.69, 9.17) is 5.73 Å². The van der Waals surface area contributed by atoms with Gasteiger partial charge in [0.2, 0.25) is 11.8 Å². The number of nitrogens with one attached hydrogen (secondary N) is 1. The highest BCUT2D eigenvalue weighted by Crippen LogP contribution is 2.15. The highest BCUT2D eigenvalue weighted by molar-refractivity contribution is 5.84. The second-order valence-corrected chi connectivity index (χ2v) is 3.53. The minimum atomic E-state index is -0.179. The summed E-state index contributed by atoms with van der Waals surface area (Å²) in [4.78, 5) is 23.9. The number of hydrogen-bond acceptors (Lipinski definition) is 3. The highest BCUT2D eigenvalue weighted by Gasteiger charge is 2.26. The van der Waals surface area contributed by atoms with Gasteiger partial charge in [-0.1, -0.05) is 0 Å². The van der Waals surface area contributed by atoms with Gasteiger partial charge >= 0.3 is 0 Å². The molecule has 0 aromatic rings. The van der Waals surface area contributed by atoms with Gasteiger partial charge in [0.05, 0.1) is 6.54 Å². The number of amides is 2. The zero-order chi connectivity index (χ0) is 10.6. The highest BCUT2D eigenvalue weighted by atomic mass is 16.2. The second kappa shape index (κ2) is 4.95. The average Bonchev–Trinajstić information content (AvgIpc) is 2.61. The molecule has 1 aliphatic heterocycles. The van der Waals surface area contributed by atoms with Crippen LogP contribution in [-0.4, -0.2) is 42.4 Å². The lowest BCUT2D eigenvalue weighted by Crippen LogP contribution is -2.44. The maximum absolute atomic E-state index is 11.6. The molecule has 0 aromatic heterocycles. The van der Waals surface area contributed by atoms with Crippen molar-refractivity contribution >= 4 is 11.8 Å². The van der Waals surface area contributed by atoms with Crippen LogP contribution in [0.3, 0.4) is 0 Å². The number of carbonyl (C=O) groups is 2. The molecule has 1 aliphatic rings. The van der Waals surface area contributed by atoms with Crippen molar-refractivity contribution in [2.45, 2.75) is 25.8 Å². The first-order valence-electron chi connectivity index (χ1n) is 4.89. The van der Waals surface area contributed by atoms with E-state index in [9.17, 15) is 9.59 Å². The fourth-order valence-corrected chi connectivity index (χ4v) is 1.71. The van der Waals surface area contributed by atoms with Crippen LogP contribution >= 0.6 is 0 Å². The number of nitrogens with zero attached hydrogens (tertiary/aromatic N) is 1. The fraction of sp³-hybridized carbons (Fsp3) is 0.778. The summed E-state index contributed by atoms with van der Waals surface area (Å²) in [6, 6.07) is 0.163. The van der Waals surface area contributed by atoms with Gasteiger partial charge < -0.3 is 16.0 Å². The monoisotopic (exact) mass is 199 g/mol. The third-order valence-corrected chi connectivity index (χ3v) is 2.46. The van der Waals surface area contributed by atoms with Gasteiger partial charge in [-0.2, -0.15) is 0 Å². The van der Waals surface area contributed by atoms with E-state index in [1.54, 1.807) is 4.90 Å². The standard InChI is InChI=1S/C9H17N3O2/c1-7(13)11-6-9(14)12-4-2-3-8(12)5-10/h8H,2-6,10H2,1H3,(H,11,13). The molecule has 0 spiro atoms. The minimum absolute atomic E-state index is 0.0341. The number of likely N-dealkylation sites (tertiary alicyclic amines) is 1. The fourth-order valence-electron chi connectivity index (χ4n) is 1.71. The average molecular weight is 199 g/mol. The molecular formula is C9H17N3O2. The molecule has 1 unspecified atom stereocenters. The van der Waals surface area contributed by atoms with E-state index in [2.05, 4.69) is 5.32 Å². The van der Waals surface area contributed by atoms with Gasteiger partial charge in [0.25, 0.3) is 0 Å². The lowest BCUT2D eigenvalue weighted by molar-refractivity contribution is -0.133. The maximum Gasteiger partial charge on any atom is 0.242 e. The van der Waals surface area contributed by atoms with E-state index in [1.807, 2.05) is 0 Å². The van der Waals surface area contributed by atoms with Gasteiger partial charge in [-0.3, -0.25) is 9.59 Å². The molecule has 0 saturated carbocycles. The van der Waals surface area contributed by atoms with Crippen molar-refractivity contribution < 1.29 is 9.59 Å². The van der Waals surface area contributed by atoms with Crippen LogP contribution in [0.4, 0.5) is 0 Å². The van der Waals surface area contributed by atoms with Gasteiger partial charge in [-0.05, 0) is 12.8 Å². The molecule has 2 amide bonds. The molecule has 0 aliphatic carbocycles. The Morgan fingerprint density at radius 1 is 1.57 bits per heavy atom. The number of rotatable bonds is 3. The van der Waals surface area contributed by atoms with Crippen molar-refractivity contribution in [3.8, 4) is 0 Å². The summed E-state index contributed by atoms with van der Waals surface area (Å²) in [6.07, 6.45) is 1.98. The molecular weight excluding hydrogens is 182 g/mol. The molecule has 14 heavy (non-hydrogen) atoms. The first-order chi connectivity index (χ1) is 6.65. The Balaban J connectivity index is 2.39. The van der Waals surface area contributed by atoms with Crippen LogP contribution < -0.4 is 11.1 Å². The predicted octanol–water partition coefficient (Wildman–Crippen LogP) is -0.928. The van der Waals surface area contributed by atoms with Crippen LogP contribution in [0.2, 0.25) is 0 Å². The Kier molecular flexibility index (Phi) is 3.88. The molecule has 1 atom stereocenters. The topological polar surface area (TPSA) is 75.4 Å². The quantitative estimate of drug-likeness (QED) is 0.616. The van der Waals surface area contributed by atoms with Crippen LogP contribution in [0.1, 0.15) is 19.8 Å². The van der Waals surface area contributed by atoms with Crippen LogP contribution in [0.15, 0.2) is 0 Å². The normalized spacial score (nSPS) is 21.0. The first-order valence-corrected chi connectivity index (χ1v) is 4.89. The summed E-state index contributed by atoms with van der Waals surface area (Å²) in [5.41, 5.74) is 5.54. The Bertz CT molecular complexity index is 230. The smallest absolute Gasteiger partial charge is 0.242 e. The van der Waals surface area contributed by atoms with Crippen LogP contribution in [-0.2, 0) is 9.59 Å². The van der Waals surface area contributed by atoms with E-state index in [-0.39, 0.29) is 24.4 Å². The number of hydrogen-bond donors (Lipinski definition) is 2. The van der Waals surface area contributed by atoms with Crippen molar-refractivity contribution in [2.24, 2.45) is 5.73 Å². The van der Waals surface area contributed by atoms with Gasteiger partial charge in [0, 0.05) is 26.1 Å². The SMILES string of the molecule is CC(=O)NCC(=O)N1CCCC1CN. The summed E-state index contributed by atoms with van der Waals surface area (Å²) in [5, 5.41) is 2.50. The van der Waals surface area contributed by atoms with E-state index < -0.39 is 0 Å². The second-order valence-electron chi connectivity index (χ2n) is 3.53. The minimum Gasteiger partial charge on any atom is -0.347 e. The molecule has 5 nitrogen and oxygen atoms in total. The number of nitrogens with two attached hydrogens (primary N) is 1. The van der Waals surface area contributed by atoms with Crippen molar-refractivity contribution in [1.82, 2.24) is 10.2 Å².